The lowest BCUT2D eigenvalue weighted by atomic mass is 9.99. The molecule has 0 unspecified atom stereocenters. The van der Waals surface area contributed by atoms with Gasteiger partial charge >= 0.3 is 6.01 Å². The average molecular weight is 431 g/mol. The first-order valence-electron chi connectivity index (χ1n) is 10.9. The summed E-state index contributed by atoms with van der Waals surface area (Å²) < 4.78 is 11.0. The number of piperidine rings is 1. The standard InChI is InChI=1S/C25H26N4O3/c1-16-8-9-22(17-6-4-3-5-7-17)23(28-16)24(30)29-14-19-10-18(19)11-20(29)15-32-25-26-12-21(31-2)13-27-25/h3-9,12-13,18-20H,10-11,14-15H2,1-2H3/t18-,19+,20+/m1/s1. The van der Waals surface area contributed by atoms with Gasteiger partial charge < -0.3 is 14.4 Å². The molecule has 1 saturated carbocycles. The number of rotatable bonds is 6. The number of carbonyl (C=O) groups is 1. The lowest BCUT2D eigenvalue weighted by Crippen LogP contribution is -2.48. The van der Waals surface area contributed by atoms with Crippen LogP contribution in [0.5, 0.6) is 11.8 Å². The molecular weight excluding hydrogens is 404 g/mol. The quantitative estimate of drug-likeness (QED) is 0.592. The molecule has 0 spiro atoms. The van der Waals surface area contributed by atoms with Gasteiger partial charge in [-0.3, -0.25) is 4.79 Å². The molecule has 3 aromatic rings. The van der Waals surface area contributed by atoms with Crippen LogP contribution in [-0.4, -0.2) is 52.1 Å². The molecule has 3 atom stereocenters. The first kappa shape index (κ1) is 20.4. The highest BCUT2D eigenvalue weighted by molar-refractivity contribution is 5.99. The molecular formula is C25H26N4O3. The molecule has 0 bridgehead atoms. The lowest BCUT2D eigenvalue weighted by molar-refractivity contribution is 0.0498. The number of hydrogen-bond acceptors (Lipinski definition) is 6. The molecule has 164 valence electrons. The van der Waals surface area contributed by atoms with E-state index in [0.717, 1.165) is 29.8 Å². The Morgan fingerprint density at radius 2 is 1.84 bits per heavy atom. The van der Waals surface area contributed by atoms with E-state index in [9.17, 15) is 4.79 Å². The van der Waals surface area contributed by atoms with E-state index < -0.39 is 0 Å². The zero-order chi connectivity index (χ0) is 22.1. The van der Waals surface area contributed by atoms with Gasteiger partial charge in [0.25, 0.3) is 5.91 Å². The van der Waals surface area contributed by atoms with Gasteiger partial charge in [0.2, 0.25) is 0 Å². The number of nitrogens with zero attached hydrogens (tertiary/aromatic N) is 4. The van der Waals surface area contributed by atoms with Crippen molar-refractivity contribution in [2.45, 2.75) is 25.8 Å². The van der Waals surface area contributed by atoms with E-state index in [1.54, 1.807) is 19.5 Å². The van der Waals surface area contributed by atoms with Crippen LogP contribution in [0.3, 0.4) is 0 Å². The molecule has 0 radical (unpaired) electrons. The summed E-state index contributed by atoms with van der Waals surface area (Å²) in [5.41, 5.74) is 3.18. The Labute approximate surface area is 187 Å². The molecule has 1 saturated heterocycles. The highest BCUT2D eigenvalue weighted by Gasteiger charge is 2.47. The second-order valence-electron chi connectivity index (χ2n) is 8.53. The summed E-state index contributed by atoms with van der Waals surface area (Å²) >= 11 is 0. The van der Waals surface area contributed by atoms with Crippen LogP contribution in [0, 0.1) is 18.8 Å². The van der Waals surface area contributed by atoms with Crippen molar-refractivity contribution in [3.8, 4) is 22.9 Å². The average Bonchev–Trinajstić information content (AvgIpc) is 3.61. The number of pyridine rings is 1. The number of fused-ring (bicyclic) bond motifs is 1. The summed E-state index contributed by atoms with van der Waals surface area (Å²) in [6.45, 7) is 3.01. The van der Waals surface area contributed by atoms with Crippen molar-refractivity contribution in [2.75, 3.05) is 20.3 Å². The number of aryl methyl sites for hydroxylation is 1. The van der Waals surface area contributed by atoms with E-state index in [-0.39, 0.29) is 18.0 Å². The van der Waals surface area contributed by atoms with Crippen LogP contribution in [-0.2, 0) is 0 Å². The van der Waals surface area contributed by atoms with Gasteiger partial charge in [-0.15, -0.1) is 0 Å². The van der Waals surface area contributed by atoms with Gasteiger partial charge in [0.05, 0.1) is 25.5 Å². The van der Waals surface area contributed by atoms with Crippen molar-refractivity contribution < 1.29 is 14.3 Å². The van der Waals surface area contributed by atoms with Gasteiger partial charge in [-0.2, -0.15) is 9.97 Å². The van der Waals surface area contributed by atoms with E-state index >= 15 is 0 Å². The van der Waals surface area contributed by atoms with Gasteiger partial charge in [-0.1, -0.05) is 36.4 Å². The first-order valence-corrected chi connectivity index (χ1v) is 10.9. The van der Waals surface area contributed by atoms with Crippen LogP contribution in [0.15, 0.2) is 54.9 Å². The molecule has 1 aromatic carbocycles. The van der Waals surface area contributed by atoms with Crippen molar-refractivity contribution in [1.82, 2.24) is 19.9 Å². The Balaban J connectivity index is 1.39. The fourth-order valence-corrected chi connectivity index (χ4v) is 4.47. The van der Waals surface area contributed by atoms with Crippen LogP contribution in [0.4, 0.5) is 0 Å². The zero-order valence-electron chi connectivity index (χ0n) is 18.3. The third kappa shape index (κ3) is 4.15. The number of benzene rings is 1. The largest absolute Gasteiger partial charge is 0.494 e. The molecule has 7 nitrogen and oxygen atoms in total. The van der Waals surface area contributed by atoms with E-state index in [0.29, 0.717) is 29.9 Å². The van der Waals surface area contributed by atoms with Gasteiger partial charge in [0.15, 0.2) is 5.75 Å². The second kappa shape index (κ2) is 8.57. The molecule has 7 heteroatoms. The maximum Gasteiger partial charge on any atom is 0.316 e. The summed E-state index contributed by atoms with van der Waals surface area (Å²) in [7, 11) is 1.57. The topological polar surface area (TPSA) is 77.4 Å². The lowest BCUT2D eigenvalue weighted by Gasteiger charge is -2.35. The molecule has 1 aliphatic carbocycles. The minimum absolute atomic E-state index is 0.0390. The Morgan fingerprint density at radius 3 is 2.59 bits per heavy atom. The molecule has 5 rings (SSSR count). The number of methoxy groups -OCH3 is 1. The summed E-state index contributed by atoms with van der Waals surface area (Å²) in [6, 6.07) is 14.1. The van der Waals surface area contributed by atoms with Crippen LogP contribution in [0.25, 0.3) is 11.1 Å². The summed E-state index contributed by atoms with van der Waals surface area (Å²) in [5, 5.41) is 0. The van der Waals surface area contributed by atoms with E-state index in [1.807, 2.05) is 54.3 Å². The molecule has 0 N–H and O–H groups in total. The van der Waals surface area contributed by atoms with Crippen molar-refractivity contribution in [1.29, 1.82) is 0 Å². The fraction of sp³-hybridized carbons (Fsp3) is 0.360. The van der Waals surface area contributed by atoms with Crippen molar-refractivity contribution in [2.24, 2.45) is 11.8 Å². The van der Waals surface area contributed by atoms with Gasteiger partial charge in [0.1, 0.15) is 12.3 Å². The summed E-state index contributed by atoms with van der Waals surface area (Å²) in [6.07, 6.45) is 5.25. The summed E-state index contributed by atoms with van der Waals surface area (Å²) in [4.78, 5) is 28.8. The predicted octanol–water partition coefficient (Wildman–Crippen LogP) is 3.79. The van der Waals surface area contributed by atoms with Crippen molar-refractivity contribution in [3.05, 3.63) is 66.2 Å². The van der Waals surface area contributed by atoms with Crippen molar-refractivity contribution >= 4 is 5.91 Å². The number of hydrogen-bond donors (Lipinski definition) is 0. The number of carbonyl (C=O) groups excluding carboxylic acids is 1. The highest BCUT2D eigenvalue weighted by atomic mass is 16.5. The molecule has 2 fully saturated rings. The van der Waals surface area contributed by atoms with E-state index in [2.05, 4.69) is 15.0 Å². The maximum absolute atomic E-state index is 13.8. The maximum atomic E-state index is 13.8. The van der Waals surface area contributed by atoms with E-state index in [4.69, 9.17) is 9.47 Å². The minimum atomic E-state index is -0.0397. The van der Waals surface area contributed by atoms with Gasteiger partial charge in [-0.05, 0) is 43.2 Å². The Kier molecular flexibility index (Phi) is 5.47. The fourth-order valence-electron chi connectivity index (χ4n) is 4.47. The Bertz CT molecular complexity index is 1100. The third-order valence-corrected chi connectivity index (χ3v) is 6.34. The van der Waals surface area contributed by atoms with E-state index in [1.165, 1.54) is 6.42 Å². The van der Waals surface area contributed by atoms with Crippen LogP contribution >= 0.6 is 0 Å². The monoisotopic (exact) mass is 430 g/mol. The second-order valence-corrected chi connectivity index (χ2v) is 8.53. The van der Waals surface area contributed by atoms with Crippen molar-refractivity contribution in [3.63, 3.8) is 0 Å². The summed E-state index contributed by atoms with van der Waals surface area (Å²) in [5.74, 6) is 1.79. The Morgan fingerprint density at radius 1 is 1.06 bits per heavy atom. The molecule has 1 amide bonds. The molecule has 2 aromatic heterocycles. The molecule has 1 aliphatic heterocycles. The SMILES string of the molecule is COc1cnc(OC[C@@H]2C[C@H]3C[C@H]3CN2C(=O)c2nc(C)ccc2-c2ccccc2)nc1. The number of likely N-dealkylation sites (tertiary alicyclic amines) is 1. The molecule has 2 aliphatic rings. The van der Waals surface area contributed by atoms with Crippen LogP contribution in [0.1, 0.15) is 29.0 Å². The number of ether oxygens (including phenoxy) is 2. The van der Waals surface area contributed by atoms with Crippen LogP contribution in [0.2, 0.25) is 0 Å². The normalized spacial score (nSPS) is 21.6. The number of amides is 1. The molecule has 32 heavy (non-hydrogen) atoms. The first-order chi connectivity index (χ1) is 15.6. The zero-order valence-corrected chi connectivity index (χ0v) is 18.3. The third-order valence-electron chi connectivity index (χ3n) is 6.34. The van der Waals surface area contributed by atoms with Gasteiger partial charge in [0, 0.05) is 17.8 Å². The highest BCUT2D eigenvalue weighted by Crippen LogP contribution is 2.47. The predicted molar refractivity (Wildman–Crippen MR) is 120 cm³/mol. The van der Waals surface area contributed by atoms with Crippen LogP contribution < -0.4 is 9.47 Å². The molecule has 3 heterocycles. The Hall–Kier alpha value is -3.48. The number of aromatic nitrogens is 3. The smallest absolute Gasteiger partial charge is 0.316 e. The van der Waals surface area contributed by atoms with Gasteiger partial charge in [-0.25, -0.2) is 4.98 Å². The minimum Gasteiger partial charge on any atom is -0.494 e.